The topological polar surface area (TPSA) is 77.6 Å². The van der Waals surface area contributed by atoms with E-state index in [0.717, 1.165) is 0 Å². The minimum Gasteiger partial charge on any atom is -0.486 e. The fraction of sp³-hybridized carbons (Fsp3) is 0.200. The van der Waals surface area contributed by atoms with E-state index in [1.54, 1.807) is 36.5 Å². The van der Waals surface area contributed by atoms with Crippen molar-refractivity contribution in [2.24, 2.45) is 0 Å². The zero-order chi connectivity index (χ0) is 14.7. The maximum Gasteiger partial charge on any atom is 0.338 e. The first-order valence-electron chi connectivity index (χ1n) is 6.47. The van der Waals surface area contributed by atoms with Gasteiger partial charge in [0, 0.05) is 6.20 Å². The van der Waals surface area contributed by atoms with Gasteiger partial charge in [-0.3, -0.25) is 4.79 Å². The van der Waals surface area contributed by atoms with Gasteiger partial charge in [-0.1, -0.05) is 0 Å². The largest absolute Gasteiger partial charge is 0.486 e. The van der Waals surface area contributed by atoms with Crippen LogP contribution in [-0.2, 0) is 4.74 Å². The molecule has 1 aromatic heterocycles. The Morgan fingerprint density at radius 1 is 1.14 bits per heavy atom. The Bertz CT molecular complexity index is 663. The molecule has 21 heavy (non-hydrogen) atoms. The van der Waals surface area contributed by atoms with Crippen molar-refractivity contribution in [1.29, 1.82) is 0 Å². The molecular formula is C15H13NO5. The summed E-state index contributed by atoms with van der Waals surface area (Å²) >= 11 is 0. The van der Waals surface area contributed by atoms with Crippen molar-refractivity contribution in [3.05, 3.63) is 47.8 Å². The van der Waals surface area contributed by atoms with Gasteiger partial charge in [0.25, 0.3) is 0 Å². The Hall–Kier alpha value is -2.76. The van der Waals surface area contributed by atoms with E-state index in [-0.39, 0.29) is 12.4 Å². The highest BCUT2D eigenvalue weighted by Gasteiger charge is 2.17. The number of rotatable bonds is 4. The molecule has 0 aliphatic carbocycles. The number of hydrogen-bond acceptors (Lipinski definition) is 5. The Labute approximate surface area is 120 Å². The normalized spacial score (nSPS) is 12.8. The van der Waals surface area contributed by atoms with E-state index in [0.29, 0.717) is 36.0 Å². The van der Waals surface area contributed by atoms with Gasteiger partial charge >= 0.3 is 5.97 Å². The van der Waals surface area contributed by atoms with Crippen LogP contribution in [0.5, 0.6) is 11.5 Å². The molecule has 0 bridgehead atoms. The van der Waals surface area contributed by atoms with Gasteiger partial charge in [0.1, 0.15) is 13.2 Å². The van der Waals surface area contributed by atoms with Crippen LogP contribution in [0.15, 0.2) is 36.5 Å². The van der Waals surface area contributed by atoms with Crippen molar-refractivity contribution in [3.63, 3.8) is 0 Å². The monoisotopic (exact) mass is 287 g/mol. The highest BCUT2D eigenvalue weighted by atomic mass is 16.6. The molecule has 0 saturated carbocycles. The lowest BCUT2D eigenvalue weighted by molar-refractivity contribution is 0.0473. The fourth-order valence-corrected chi connectivity index (χ4v) is 1.97. The Kier molecular flexibility index (Phi) is 3.59. The van der Waals surface area contributed by atoms with Crippen LogP contribution in [0.2, 0.25) is 0 Å². The lowest BCUT2D eigenvalue weighted by Crippen LogP contribution is -2.17. The first kappa shape index (κ1) is 13.2. The number of ketones is 1. The van der Waals surface area contributed by atoms with Crippen molar-refractivity contribution in [3.8, 4) is 11.5 Å². The number of aromatic amines is 1. The zero-order valence-corrected chi connectivity index (χ0v) is 11.1. The molecule has 2 heterocycles. The van der Waals surface area contributed by atoms with Crippen molar-refractivity contribution >= 4 is 11.8 Å². The van der Waals surface area contributed by atoms with Gasteiger partial charge in [0.2, 0.25) is 5.78 Å². The van der Waals surface area contributed by atoms with Crippen molar-refractivity contribution in [1.82, 2.24) is 4.98 Å². The number of ether oxygens (including phenoxy) is 3. The second-order valence-electron chi connectivity index (χ2n) is 4.44. The highest BCUT2D eigenvalue weighted by Crippen LogP contribution is 2.30. The molecule has 108 valence electrons. The van der Waals surface area contributed by atoms with Crippen molar-refractivity contribution in [2.75, 3.05) is 19.8 Å². The fourth-order valence-electron chi connectivity index (χ4n) is 1.97. The molecule has 0 amide bonds. The number of esters is 1. The molecule has 0 saturated heterocycles. The summed E-state index contributed by atoms with van der Waals surface area (Å²) in [5, 5.41) is 0. The third-order valence-electron chi connectivity index (χ3n) is 3.01. The third kappa shape index (κ3) is 2.89. The first-order valence-corrected chi connectivity index (χ1v) is 6.47. The van der Waals surface area contributed by atoms with E-state index in [2.05, 4.69) is 4.98 Å². The van der Waals surface area contributed by atoms with Crippen LogP contribution in [0.1, 0.15) is 20.8 Å². The average molecular weight is 287 g/mol. The standard InChI is InChI=1S/C15H13NO5/c17-12(11-2-1-5-16-11)9-21-15(18)10-3-4-13-14(8-10)20-7-6-19-13/h1-5,8,16H,6-7,9H2. The predicted molar refractivity (Wildman–Crippen MR) is 72.8 cm³/mol. The summed E-state index contributed by atoms with van der Waals surface area (Å²) in [6, 6.07) is 8.11. The minimum atomic E-state index is -0.577. The molecule has 1 aliphatic heterocycles. The quantitative estimate of drug-likeness (QED) is 0.685. The Balaban J connectivity index is 1.64. The van der Waals surface area contributed by atoms with Crippen LogP contribution in [0, 0.1) is 0 Å². The predicted octanol–water partition coefficient (Wildman–Crippen LogP) is 1.83. The zero-order valence-electron chi connectivity index (χ0n) is 11.1. The van der Waals surface area contributed by atoms with E-state index >= 15 is 0 Å². The summed E-state index contributed by atoms with van der Waals surface area (Å²) in [4.78, 5) is 26.4. The van der Waals surface area contributed by atoms with E-state index in [9.17, 15) is 9.59 Å². The Morgan fingerprint density at radius 2 is 1.95 bits per heavy atom. The molecule has 0 radical (unpaired) electrons. The van der Waals surface area contributed by atoms with Gasteiger partial charge in [-0.05, 0) is 30.3 Å². The molecule has 2 aromatic rings. The number of hydrogen-bond donors (Lipinski definition) is 1. The molecule has 1 N–H and O–H groups in total. The molecule has 3 rings (SSSR count). The lowest BCUT2D eigenvalue weighted by Gasteiger charge is -2.18. The SMILES string of the molecule is O=C(OCC(=O)c1ccc[nH]1)c1ccc2c(c1)OCCO2. The van der Waals surface area contributed by atoms with Crippen LogP contribution < -0.4 is 9.47 Å². The Morgan fingerprint density at radius 3 is 2.71 bits per heavy atom. The molecule has 0 atom stereocenters. The minimum absolute atomic E-state index is 0.286. The molecule has 0 unspecified atom stereocenters. The number of fused-ring (bicyclic) bond motifs is 1. The van der Waals surface area contributed by atoms with Crippen LogP contribution in [0.25, 0.3) is 0 Å². The summed E-state index contributed by atoms with van der Waals surface area (Å²) in [6.07, 6.45) is 1.63. The summed E-state index contributed by atoms with van der Waals surface area (Å²) in [6.45, 7) is 0.617. The van der Waals surface area contributed by atoms with Crippen molar-refractivity contribution in [2.45, 2.75) is 0 Å². The van der Waals surface area contributed by atoms with E-state index < -0.39 is 5.97 Å². The maximum atomic E-state index is 11.9. The molecular weight excluding hydrogens is 274 g/mol. The van der Waals surface area contributed by atoms with E-state index in [4.69, 9.17) is 14.2 Å². The van der Waals surface area contributed by atoms with Gasteiger partial charge in [0.05, 0.1) is 11.3 Å². The van der Waals surface area contributed by atoms with Crippen LogP contribution in [0.4, 0.5) is 0 Å². The van der Waals surface area contributed by atoms with Crippen molar-refractivity contribution < 1.29 is 23.8 Å². The number of carbonyl (C=O) groups is 2. The van der Waals surface area contributed by atoms with E-state index in [1.165, 1.54) is 0 Å². The van der Waals surface area contributed by atoms with Gasteiger partial charge in [-0.25, -0.2) is 4.79 Å². The second kappa shape index (κ2) is 5.70. The van der Waals surface area contributed by atoms with Crippen LogP contribution in [0.3, 0.4) is 0 Å². The van der Waals surface area contributed by atoms with Gasteiger partial charge in [-0.15, -0.1) is 0 Å². The molecule has 0 spiro atoms. The number of nitrogens with one attached hydrogen (secondary N) is 1. The number of H-pyrrole nitrogens is 1. The number of carbonyl (C=O) groups excluding carboxylic acids is 2. The van der Waals surface area contributed by atoms with E-state index in [1.807, 2.05) is 0 Å². The first-order chi connectivity index (χ1) is 10.2. The molecule has 0 fully saturated rings. The van der Waals surface area contributed by atoms with Crippen LogP contribution in [-0.4, -0.2) is 36.6 Å². The summed E-state index contributed by atoms with van der Waals surface area (Å²) in [5.74, 6) is 0.240. The number of aromatic nitrogens is 1. The third-order valence-corrected chi connectivity index (χ3v) is 3.01. The number of Topliss-reactive ketones (excluding diaryl/α,β-unsaturated/α-hetero) is 1. The molecule has 1 aromatic carbocycles. The maximum absolute atomic E-state index is 11.9. The smallest absolute Gasteiger partial charge is 0.338 e. The summed E-state index contributed by atoms with van der Waals surface area (Å²) in [7, 11) is 0. The van der Waals surface area contributed by atoms with Gasteiger partial charge in [-0.2, -0.15) is 0 Å². The van der Waals surface area contributed by atoms with Gasteiger partial charge < -0.3 is 19.2 Å². The lowest BCUT2D eigenvalue weighted by atomic mass is 10.2. The van der Waals surface area contributed by atoms with Gasteiger partial charge in [0.15, 0.2) is 18.1 Å². The summed E-state index contributed by atoms with van der Waals surface area (Å²) < 4.78 is 15.8. The highest BCUT2D eigenvalue weighted by molar-refractivity contribution is 5.98. The average Bonchev–Trinajstić information content (AvgIpc) is 3.06. The van der Waals surface area contributed by atoms with Crippen LogP contribution >= 0.6 is 0 Å². The second-order valence-corrected chi connectivity index (χ2v) is 4.44. The molecule has 1 aliphatic rings. The molecule has 6 heteroatoms. The number of benzene rings is 1. The molecule has 6 nitrogen and oxygen atoms in total. The summed E-state index contributed by atoms with van der Waals surface area (Å²) in [5.41, 5.74) is 0.725.